The Hall–Kier alpha value is -1.26. The highest BCUT2D eigenvalue weighted by Crippen LogP contribution is 2.25. The highest BCUT2D eigenvalue weighted by molar-refractivity contribution is 7.05. The number of aromatic nitrogens is 2. The summed E-state index contributed by atoms with van der Waals surface area (Å²) in [6.07, 6.45) is 0.996. The minimum Gasteiger partial charge on any atom is -0.383 e. The highest BCUT2D eigenvalue weighted by Gasteiger charge is 2.13. The minimum atomic E-state index is -0.608. The Kier molecular flexibility index (Phi) is 2.79. The Morgan fingerprint density at radius 2 is 1.87 bits per heavy atom. The van der Waals surface area contributed by atoms with Gasteiger partial charge in [0.1, 0.15) is 6.10 Å². The third-order valence-electron chi connectivity index (χ3n) is 2.21. The number of aliphatic hydroxyl groups excluding tert-OH is 1. The van der Waals surface area contributed by atoms with Gasteiger partial charge in [0, 0.05) is 0 Å². The average Bonchev–Trinajstić information content (AvgIpc) is 2.67. The van der Waals surface area contributed by atoms with Crippen molar-refractivity contribution in [3.05, 3.63) is 46.0 Å². The van der Waals surface area contributed by atoms with Crippen LogP contribution in [0.25, 0.3) is 0 Å². The van der Waals surface area contributed by atoms with Crippen molar-refractivity contribution in [2.24, 2.45) is 0 Å². The van der Waals surface area contributed by atoms with E-state index >= 15 is 0 Å². The second-order valence-corrected chi connectivity index (χ2v) is 4.46. The van der Waals surface area contributed by atoms with Crippen molar-refractivity contribution in [2.45, 2.75) is 20.0 Å². The summed E-state index contributed by atoms with van der Waals surface area (Å²) in [6, 6.07) is 6.05. The molecule has 0 spiro atoms. The van der Waals surface area contributed by atoms with Gasteiger partial charge in [-0.05, 0) is 30.9 Å². The molecular weight excluding hydrogens is 208 g/mol. The van der Waals surface area contributed by atoms with Gasteiger partial charge < -0.3 is 5.11 Å². The molecule has 1 unspecified atom stereocenters. The smallest absolute Gasteiger partial charge is 0.116 e. The van der Waals surface area contributed by atoms with Gasteiger partial charge in [0.05, 0.1) is 11.1 Å². The first-order valence-electron chi connectivity index (χ1n) is 4.70. The SMILES string of the molecule is Cc1cc(C)cc(C(O)c2cnns2)c1. The summed E-state index contributed by atoms with van der Waals surface area (Å²) in [6.45, 7) is 4.04. The molecule has 0 aliphatic carbocycles. The van der Waals surface area contributed by atoms with Gasteiger partial charge in [-0.2, -0.15) is 0 Å². The Balaban J connectivity index is 2.37. The van der Waals surface area contributed by atoms with Crippen LogP contribution in [-0.2, 0) is 0 Å². The largest absolute Gasteiger partial charge is 0.383 e. The standard InChI is InChI=1S/C11H12N2OS/c1-7-3-8(2)5-9(4-7)11(14)10-6-12-13-15-10/h3-6,11,14H,1-2H3. The van der Waals surface area contributed by atoms with Crippen LogP contribution < -0.4 is 0 Å². The number of benzene rings is 1. The molecule has 0 radical (unpaired) electrons. The monoisotopic (exact) mass is 220 g/mol. The molecule has 0 saturated carbocycles. The van der Waals surface area contributed by atoms with Gasteiger partial charge in [0.15, 0.2) is 0 Å². The molecule has 0 aliphatic rings. The van der Waals surface area contributed by atoms with Crippen LogP contribution in [0.4, 0.5) is 0 Å². The average molecular weight is 220 g/mol. The summed E-state index contributed by atoms with van der Waals surface area (Å²) in [7, 11) is 0. The van der Waals surface area contributed by atoms with E-state index in [4.69, 9.17) is 0 Å². The number of hydrogen-bond donors (Lipinski definition) is 1. The van der Waals surface area contributed by atoms with E-state index < -0.39 is 6.10 Å². The van der Waals surface area contributed by atoms with Crippen molar-refractivity contribution in [1.29, 1.82) is 0 Å². The number of nitrogens with zero attached hydrogens (tertiary/aromatic N) is 2. The van der Waals surface area contributed by atoms with Crippen molar-refractivity contribution in [1.82, 2.24) is 9.59 Å². The summed E-state index contributed by atoms with van der Waals surface area (Å²) in [4.78, 5) is 0.778. The second-order valence-electron chi connectivity index (χ2n) is 3.64. The zero-order valence-electron chi connectivity index (χ0n) is 8.64. The maximum absolute atomic E-state index is 10.1. The van der Waals surface area contributed by atoms with Crippen molar-refractivity contribution in [3.63, 3.8) is 0 Å². The summed E-state index contributed by atoms with van der Waals surface area (Å²) >= 11 is 1.23. The highest BCUT2D eigenvalue weighted by atomic mass is 32.1. The van der Waals surface area contributed by atoms with Gasteiger partial charge in [0.25, 0.3) is 0 Å². The fourth-order valence-corrected chi connectivity index (χ4v) is 2.15. The van der Waals surface area contributed by atoms with Crippen molar-refractivity contribution >= 4 is 11.5 Å². The summed E-state index contributed by atoms with van der Waals surface area (Å²) in [5.74, 6) is 0. The fourth-order valence-electron chi connectivity index (χ4n) is 1.63. The van der Waals surface area contributed by atoms with E-state index in [9.17, 15) is 5.11 Å². The van der Waals surface area contributed by atoms with Gasteiger partial charge in [-0.1, -0.05) is 33.8 Å². The third kappa shape index (κ3) is 2.22. The van der Waals surface area contributed by atoms with Gasteiger partial charge in [-0.25, -0.2) is 0 Å². The van der Waals surface area contributed by atoms with Crippen LogP contribution in [0, 0.1) is 13.8 Å². The molecule has 3 nitrogen and oxygen atoms in total. The van der Waals surface area contributed by atoms with Crippen LogP contribution in [0.15, 0.2) is 24.4 Å². The van der Waals surface area contributed by atoms with E-state index in [0.717, 1.165) is 21.6 Å². The molecule has 1 aromatic carbocycles. The lowest BCUT2D eigenvalue weighted by atomic mass is 10.0. The molecule has 1 atom stereocenters. The van der Waals surface area contributed by atoms with Gasteiger partial charge in [-0.15, -0.1) is 5.10 Å². The number of aryl methyl sites for hydroxylation is 2. The molecule has 78 valence electrons. The maximum Gasteiger partial charge on any atom is 0.116 e. The molecule has 0 amide bonds. The van der Waals surface area contributed by atoms with Crippen molar-refractivity contribution in [3.8, 4) is 0 Å². The maximum atomic E-state index is 10.1. The third-order valence-corrected chi connectivity index (χ3v) is 2.92. The normalized spacial score (nSPS) is 12.7. The lowest BCUT2D eigenvalue weighted by Gasteiger charge is -2.09. The summed E-state index contributed by atoms with van der Waals surface area (Å²) in [5.41, 5.74) is 3.21. The van der Waals surface area contributed by atoms with Crippen LogP contribution >= 0.6 is 11.5 Å². The molecule has 4 heteroatoms. The van der Waals surface area contributed by atoms with Crippen LogP contribution in [0.3, 0.4) is 0 Å². The summed E-state index contributed by atoms with van der Waals surface area (Å²) in [5, 5.41) is 13.8. The number of hydrogen-bond acceptors (Lipinski definition) is 4. The molecule has 2 rings (SSSR count). The van der Waals surface area contributed by atoms with Crippen LogP contribution in [0.2, 0.25) is 0 Å². The molecule has 0 aliphatic heterocycles. The predicted octanol–water partition coefficient (Wildman–Crippen LogP) is 2.24. The summed E-state index contributed by atoms with van der Waals surface area (Å²) < 4.78 is 3.75. The molecule has 1 N–H and O–H groups in total. The van der Waals surface area contributed by atoms with Gasteiger partial charge in [0.2, 0.25) is 0 Å². The van der Waals surface area contributed by atoms with E-state index in [1.807, 2.05) is 26.0 Å². The first-order valence-corrected chi connectivity index (χ1v) is 5.47. The quantitative estimate of drug-likeness (QED) is 0.844. The van der Waals surface area contributed by atoms with E-state index in [1.165, 1.54) is 11.5 Å². The molecule has 0 bridgehead atoms. The van der Waals surface area contributed by atoms with Crippen LogP contribution in [0.1, 0.15) is 27.7 Å². The molecule has 2 aromatic rings. The molecule has 1 heterocycles. The Morgan fingerprint density at radius 3 is 2.40 bits per heavy atom. The van der Waals surface area contributed by atoms with Crippen molar-refractivity contribution < 1.29 is 5.11 Å². The molecule has 15 heavy (non-hydrogen) atoms. The lowest BCUT2D eigenvalue weighted by Crippen LogP contribution is -1.98. The first kappa shape index (κ1) is 10.3. The Bertz CT molecular complexity index is 433. The van der Waals surface area contributed by atoms with E-state index in [2.05, 4.69) is 15.7 Å². The Labute approximate surface area is 92.6 Å². The second kappa shape index (κ2) is 4.08. The van der Waals surface area contributed by atoms with Crippen LogP contribution in [0.5, 0.6) is 0 Å². The minimum absolute atomic E-state index is 0.608. The first-order chi connectivity index (χ1) is 7.16. The molecule has 1 aromatic heterocycles. The Morgan fingerprint density at radius 1 is 1.20 bits per heavy atom. The van der Waals surface area contributed by atoms with E-state index in [-0.39, 0.29) is 0 Å². The van der Waals surface area contributed by atoms with E-state index in [1.54, 1.807) is 6.20 Å². The molecule has 0 saturated heterocycles. The molecular formula is C11H12N2OS. The number of aliphatic hydroxyl groups is 1. The lowest BCUT2D eigenvalue weighted by molar-refractivity contribution is 0.224. The van der Waals surface area contributed by atoms with E-state index in [0.29, 0.717) is 0 Å². The predicted molar refractivity (Wildman–Crippen MR) is 59.9 cm³/mol. The fraction of sp³-hybridized carbons (Fsp3) is 0.273. The van der Waals surface area contributed by atoms with Gasteiger partial charge >= 0.3 is 0 Å². The zero-order valence-corrected chi connectivity index (χ0v) is 9.45. The van der Waals surface area contributed by atoms with Gasteiger partial charge in [-0.3, -0.25) is 0 Å². The van der Waals surface area contributed by atoms with Crippen LogP contribution in [-0.4, -0.2) is 14.7 Å². The van der Waals surface area contributed by atoms with Crippen molar-refractivity contribution in [2.75, 3.05) is 0 Å². The number of rotatable bonds is 2. The topological polar surface area (TPSA) is 46.0 Å². The zero-order chi connectivity index (χ0) is 10.8. The molecule has 0 fully saturated rings.